The van der Waals surface area contributed by atoms with E-state index in [1.165, 1.54) is 12.1 Å². The molecule has 0 spiro atoms. The zero-order valence-corrected chi connectivity index (χ0v) is 15.1. The van der Waals surface area contributed by atoms with Gasteiger partial charge in [0.2, 0.25) is 6.10 Å². The van der Waals surface area contributed by atoms with Gasteiger partial charge >= 0.3 is 0 Å². The molecule has 3 atom stereocenters. The van der Waals surface area contributed by atoms with Crippen molar-refractivity contribution in [3.05, 3.63) is 35.6 Å². The number of hydrogen-bond donors (Lipinski definition) is 0. The van der Waals surface area contributed by atoms with E-state index in [9.17, 15) is 9.18 Å². The fourth-order valence-corrected chi connectivity index (χ4v) is 5.23. The largest absolute Gasteiger partial charge is 0.382 e. The van der Waals surface area contributed by atoms with E-state index in [1.54, 1.807) is 12.1 Å². The fraction of sp³-hybridized carbons (Fsp3) is 0.600. The van der Waals surface area contributed by atoms with Gasteiger partial charge < -0.3 is 9.74 Å². The van der Waals surface area contributed by atoms with Crippen molar-refractivity contribution < 1.29 is 14.0 Å². The quantitative estimate of drug-likeness (QED) is 0.820. The SMILES string of the molecule is CC1(C)C[C@@H]2C[C@](C)(CN2C(=O)[C@@H]2CC(c3ccc(F)cc3)=NO2)C1. The summed E-state index contributed by atoms with van der Waals surface area (Å²) in [6.07, 6.45) is 3.19. The number of amides is 1. The number of carbonyl (C=O) groups is 1. The van der Waals surface area contributed by atoms with Crippen LogP contribution in [0.3, 0.4) is 0 Å². The molecule has 4 rings (SSSR count). The van der Waals surface area contributed by atoms with E-state index in [1.807, 2.05) is 4.90 Å². The van der Waals surface area contributed by atoms with Crippen LogP contribution in [0.15, 0.2) is 29.4 Å². The van der Waals surface area contributed by atoms with E-state index in [2.05, 4.69) is 25.9 Å². The molecule has 3 aliphatic rings. The predicted molar refractivity (Wildman–Crippen MR) is 93.7 cm³/mol. The summed E-state index contributed by atoms with van der Waals surface area (Å²) >= 11 is 0. The fourth-order valence-electron chi connectivity index (χ4n) is 5.23. The molecule has 1 amide bonds. The van der Waals surface area contributed by atoms with Crippen molar-refractivity contribution >= 4 is 11.6 Å². The Balaban J connectivity index is 1.46. The summed E-state index contributed by atoms with van der Waals surface area (Å²) in [7, 11) is 0. The first-order chi connectivity index (χ1) is 11.7. The minimum atomic E-state index is -0.550. The van der Waals surface area contributed by atoms with Crippen LogP contribution in [0.2, 0.25) is 0 Å². The van der Waals surface area contributed by atoms with Crippen molar-refractivity contribution in [3.63, 3.8) is 0 Å². The molecule has 1 saturated heterocycles. The molecule has 1 aromatic rings. The smallest absolute Gasteiger partial charge is 0.267 e. The van der Waals surface area contributed by atoms with Gasteiger partial charge in [0.1, 0.15) is 5.82 Å². The average Bonchev–Trinajstić information content (AvgIpc) is 3.09. The van der Waals surface area contributed by atoms with Crippen molar-refractivity contribution in [2.24, 2.45) is 16.0 Å². The summed E-state index contributed by atoms with van der Waals surface area (Å²) in [5.74, 6) is -0.233. The lowest BCUT2D eigenvalue weighted by molar-refractivity contribution is -0.143. The van der Waals surface area contributed by atoms with E-state index < -0.39 is 6.10 Å². The Labute approximate surface area is 148 Å². The lowest BCUT2D eigenvalue weighted by Gasteiger charge is -2.39. The van der Waals surface area contributed by atoms with Crippen LogP contribution in [-0.2, 0) is 9.63 Å². The van der Waals surface area contributed by atoms with Crippen molar-refractivity contribution in [1.29, 1.82) is 0 Å². The molecule has 5 heteroatoms. The highest BCUT2D eigenvalue weighted by molar-refractivity contribution is 6.04. The summed E-state index contributed by atoms with van der Waals surface area (Å²) in [6.45, 7) is 7.70. The van der Waals surface area contributed by atoms with Gasteiger partial charge in [0.15, 0.2) is 0 Å². The molecule has 0 N–H and O–H groups in total. The second-order valence-electron chi connectivity index (χ2n) is 9.02. The average molecular weight is 344 g/mol. The van der Waals surface area contributed by atoms with Gasteiger partial charge in [0, 0.05) is 19.0 Å². The minimum absolute atomic E-state index is 0.0484. The van der Waals surface area contributed by atoms with E-state index in [-0.39, 0.29) is 22.6 Å². The van der Waals surface area contributed by atoms with Gasteiger partial charge in [-0.1, -0.05) is 38.1 Å². The Morgan fingerprint density at radius 2 is 1.96 bits per heavy atom. The molecule has 0 aromatic heterocycles. The van der Waals surface area contributed by atoms with Crippen LogP contribution in [-0.4, -0.2) is 35.2 Å². The van der Waals surface area contributed by atoms with E-state index in [0.29, 0.717) is 18.2 Å². The second-order valence-corrected chi connectivity index (χ2v) is 9.02. The second kappa shape index (κ2) is 5.55. The molecule has 2 fully saturated rings. The number of carbonyl (C=O) groups excluding carboxylic acids is 1. The van der Waals surface area contributed by atoms with Gasteiger partial charge in [-0.05, 0) is 47.8 Å². The molecule has 1 aliphatic carbocycles. The molecule has 4 nitrogen and oxygen atoms in total. The number of fused-ring (bicyclic) bond motifs is 2. The molecule has 2 heterocycles. The maximum Gasteiger partial charge on any atom is 0.267 e. The number of rotatable bonds is 2. The molecule has 0 radical (unpaired) electrons. The molecule has 2 bridgehead atoms. The van der Waals surface area contributed by atoms with Crippen molar-refractivity contribution in [2.45, 2.75) is 58.6 Å². The highest BCUT2D eigenvalue weighted by atomic mass is 19.1. The minimum Gasteiger partial charge on any atom is -0.382 e. The highest BCUT2D eigenvalue weighted by Gasteiger charge is 2.52. The Kier molecular flexibility index (Phi) is 3.67. The Morgan fingerprint density at radius 1 is 1.24 bits per heavy atom. The standard InChI is InChI=1S/C20H25FN2O2/c1-19(2)9-15-10-20(3,11-19)12-23(15)18(24)17-8-16(22-25-17)13-4-6-14(21)7-5-13/h4-7,15,17H,8-12H2,1-3H3/t15-,17+,20+/m1/s1. The number of benzene rings is 1. The normalized spacial score (nSPS) is 33.1. The molecule has 25 heavy (non-hydrogen) atoms. The van der Waals surface area contributed by atoms with Crippen LogP contribution in [0.1, 0.15) is 52.0 Å². The lowest BCUT2D eigenvalue weighted by atomic mass is 9.65. The molecule has 0 unspecified atom stereocenters. The molecular formula is C20H25FN2O2. The van der Waals surface area contributed by atoms with Crippen molar-refractivity contribution in [2.75, 3.05) is 6.54 Å². The van der Waals surface area contributed by atoms with Gasteiger partial charge in [-0.15, -0.1) is 0 Å². The van der Waals surface area contributed by atoms with Crippen LogP contribution >= 0.6 is 0 Å². The van der Waals surface area contributed by atoms with Gasteiger partial charge in [-0.3, -0.25) is 4.79 Å². The van der Waals surface area contributed by atoms with Crippen LogP contribution < -0.4 is 0 Å². The summed E-state index contributed by atoms with van der Waals surface area (Å²) in [5, 5.41) is 4.09. The van der Waals surface area contributed by atoms with Crippen LogP contribution in [0.4, 0.5) is 4.39 Å². The Bertz CT molecular complexity index is 728. The third-order valence-corrected chi connectivity index (χ3v) is 5.82. The maximum atomic E-state index is 13.1. The Hall–Kier alpha value is -1.91. The van der Waals surface area contributed by atoms with Crippen molar-refractivity contribution in [3.8, 4) is 0 Å². The first-order valence-corrected chi connectivity index (χ1v) is 9.04. The van der Waals surface area contributed by atoms with Gasteiger partial charge in [0.25, 0.3) is 5.91 Å². The third-order valence-electron chi connectivity index (χ3n) is 5.82. The molecule has 134 valence electrons. The first kappa shape index (κ1) is 16.6. The summed E-state index contributed by atoms with van der Waals surface area (Å²) in [6, 6.07) is 6.46. The summed E-state index contributed by atoms with van der Waals surface area (Å²) < 4.78 is 13.1. The van der Waals surface area contributed by atoms with Crippen LogP contribution in [0.25, 0.3) is 0 Å². The molecule has 1 aromatic carbocycles. The van der Waals surface area contributed by atoms with E-state index in [4.69, 9.17) is 4.84 Å². The summed E-state index contributed by atoms with van der Waals surface area (Å²) in [5.41, 5.74) is 2.01. The maximum absolute atomic E-state index is 13.1. The molecule has 2 aliphatic heterocycles. The van der Waals surface area contributed by atoms with Gasteiger partial charge in [-0.25, -0.2) is 4.39 Å². The monoisotopic (exact) mass is 344 g/mol. The zero-order valence-electron chi connectivity index (χ0n) is 15.1. The molecular weight excluding hydrogens is 319 g/mol. The lowest BCUT2D eigenvalue weighted by Crippen LogP contribution is -2.43. The zero-order chi connectivity index (χ0) is 17.8. The highest BCUT2D eigenvalue weighted by Crippen LogP contribution is 2.52. The first-order valence-electron chi connectivity index (χ1n) is 9.04. The number of oxime groups is 1. The number of halogens is 1. The topological polar surface area (TPSA) is 41.9 Å². The van der Waals surface area contributed by atoms with Gasteiger partial charge in [-0.2, -0.15) is 0 Å². The van der Waals surface area contributed by atoms with Crippen molar-refractivity contribution in [1.82, 2.24) is 4.90 Å². The summed E-state index contributed by atoms with van der Waals surface area (Å²) in [4.78, 5) is 20.5. The van der Waals surface area contributed by atoms with E-state index >= 15 is 0 Å². The Morgan fingerprint density at radius 3 is 2.68 bits per heavy atom. The van der Waals surface area contributed by atoms with Gasteiger partial charge in [0.05, 0.1) is 5.71 Å². The number of likely N-dealkylation sites (tertiary alicyclic amines) is 1. The predicted octanol–water partition coefficient (Wildman–Crippen LogP) is 3.75. The molecule has 1 saturated carbocycles. The third kappa shape index (κ3) is 3.05. The van der Waals surface area contributed by atoms with Crippen LogP contribution in [0.5, 0.6) is 0 Å². The number of hydrogen-bond acceptors (Lipinski definition) is 3. The van der Waals surface area contributed by atoms with E-state index in [0.717, 1.165) is 31.4 Å². The van der Waals surface area contributed by atoms with Crippen LogP contribution in [0, 0.1) is 16.6 Å². The number of nitrogens with zero attached hydrogens (tertiary/aromatic N) is 2.